The number of carboxylic acids is 1. The molecule has 1 aliphatic heterocycles. The van der Waals surface area contributed by atoms with Crippen LogP contribution in [0.4, 0.5) is 0 Å². The van der Waals surface area contributed by atoms with Crippen LogP contribution in [0.15, 0.2) is 30.3 Å². The SMILES string of the molecule is CC1CN(C(=O)C(C)(N)c2ccccc2)CC1C(=O)O. The quantitative estimate of drug-likeness (QED) is 0.864. The molecule has 3 N–H and O–H groups in total. The van der Waals surface area contributed by atoms with E-state index in [9.17, 15) is 9.59 Å². The van der Waals surface area contributed by atoms with Gasteiger partial charge < -0.3 is 15.7 Å². The van der Waals surface area contributed by atoms with E-state index < -0.39 is 17.4 Å². The maximum absolute atomic E-state index is 12.6. The number of carbonyl (C=O) groups is 2. The highest BCUT2D eigenvalue weighted by Gasteiger charge is 2.42. The Morgan fingerprint density at radius 2 is 1.90 bits per heavy atom. The molecule has 1 amide bonds. The summed E-state index contributed by atoms with van der Waals surface area (Å²) in [4.78, 5) is 25.3. The van der Waals surface area contributed by atoms with Gasteiger partial charge in [0.05, 0.1) is 5.92 Å². The minimum atomic E-state index is -1.13. The number of aliphatic carboxylic acids is 1. The van der Waals surface area contributed by atoms with Gasteiger partial charge in [0, 0.05) is 13.1 Å². The smallest absolute Gasteiger partial charge is 0.308 e. The third-order valence-corrected chi connectivity index (χ3v) is 4.03. The summed E-state index contributed by atoms with van der Waals surface area (Å²) in [5, 5.41) is 9.13. The van der Waals surface area contributed by atoms with Gasteiger partial charge >= 0.3 is 5.97 Å². The van der Waals surface area contributed by atoms with Crippen LogP contribution in [0, 0.1) is 11.8 Å². The molecular weight excluding hydrogens is 256 g/mol. The van der Waals surface area contributed by atoms with Crippen LogP contribution in [0.3, 0.4) is 0 Å². The Morgan fingerprint density at radius 3 is 2.40 bits per heavy atom. The van der Waals surface area contributed by atoms with E-state index >= 15 is 0 Å². The van der Waals surface area contributed by atoms with Crippen molar-refractivity contribution in [2.45, 2.75) is 19.4 Å². The second-order valence-corrected chi connectivity index (χ2v) is 5.70. The van der Waals surface area contributed by atoms with Crippen LogP contribution in [-0.4, -0.2) is 35.0 Å². The zero-order chi connectivity index (χ0) is 14.9. The molecule has 0 radical (unpaired) electrons. The van der Waals surface area contributed by atoms with Crippen molar-refractivity contribution in [3.05, 3.63) is 35.9 Å². The van der Waals surface area contributed by atoms with E-state index in [1.54, 1.807) is 11.8 Å². The number of benzene rings is 1. The minimum Gasteiger partial charge on any atom is -0.481 e. The van der Waals surface area contributed by atoms with Gasteiger partial charge in [-0.2, -0.15) is 0 Å². The van der Waals surface area contributed by atoms with Crippen molar-refractivity contribution in [2.24, 2.45) is 17.6 Å². The Kier molecular flexibility index (Phi) is 3.81. The fourth-order valence-electron chi connectivity index (χ4n) is 2.69. The molecule has 108 valence electrons. The lowest BCUT2D eigenvalue weighted by Gasteiger charge is -2.29. The first-order chi connectivity index (χ1) is 9.34. The number of hydrogen-bond acceptors (Lipinski definition) is 3. The normalized spacial score (nSPS) is 25.2. The second-order valence-electron chi connectivity index (χ2n) is 5.70. The number of carbonyl (C=O) groups excluding carboxylic acids is 1. The van der Waals surface area contributed by atoms with Crippen molar-refractivity contribution >= 4 is 11.9 Å². The average molecular weight is 276 g/mol. The molecule has 5 heteroatoms. The van der Waals surface area contributed by atoms with Crippen molar-refractivity contribution in [2.75, 3.05) is 13.1 Å². The van der Waals surface area contributed by atoms with E-state index in [0.717, 1.165) is 5.56 Å². The van der Waals surface area contributed by atoms with Crippen molar-refractivity contribution in [3.63, 3.8) is 0 Å². The summed E-state index contributed by atoms with van der Waals surface area (Å²) in [7, 11) is 0. The molecule has 1 saturated heterocycles. The van der Waals surface area contributed by atoms with Crippen LogP contribution in [0.1, 0.15) is 19.4 Å². The van der Waals surface area contributed by atoms with E-state index in [1.807, 2.05) is 37.3 Å². The number of amides is 1. The Bertz CT molecular complexity index is 513. The molecule has 1 aromatic carbocycles. The van der Waals surface area contributed by atoms with Crippen LogP contribution in [0.5, 0.6) is 0 Å². The number of hydrogen-bond donors (Lipinski definition) is 2. The Balaban J connectivity index is 2.18. The topological polar surface area (TPSA) is 83.6 Å². The van der Waals surface area contributed by atoms with Gasteiger partial charge in [0.1, 0.15) is 5.54 Å². The molecule has 3 unspecified atom stereocenters. The molecule has 5 nitrogen and oxygen atoms in total. The van der Waals surface area contributed by atoms with Gasteiger partial charge in [0.25, 0.3) is 0 Å². The van der Waals surface area contributed by atoms with Crippen LogP contribution < -0.4 is 5.73 Å². The molecule has 20 heavy (non-hydrogen) atoms. The largest absolute Gasteiger partial charge is 0.481 e. The molecule has 0 bridgehead atoms. The summed E-state index contributed by atoms with van der Waals surface area (Å²) in [6.07, 6.45) is 0. The zero-order valence-corrected chi connectivity index (χ0v) is 11.7. The average Bonchev–Trinajstić information content (AvgIpc) is 2.81. The lowest BCUT2D eigenvalue weighted by molar-refractivity contribution is -0.142. The van der Waals surface area contributed by atoms with Gasteiger partial charge in [-0.05, 0) is 18.4 Å². The van der Waals surface area contributed by atoms with Crippen LogP contribution in [-0.2, 0) is 15.1 Å². The van der Waals surface area contributed by atoms with Crippen molar-refractivity contribution in [1.29, 1.82) is 0 Å². The molecule has 1 aromatic rings. The van der Waals surface area contributed by atoms with E-state index in [1.165, 1.54) is 0 Å². The van der Waals surface area contributed by atoms with E-state index in [0.29, 0.717) is 6.54 Å². The monoisotopic (exact) mass is 276 g/mol. The molecule has 1 heterocycles. The first kappa shape index (κ1) is 14.5. The summed E-state index contributed by atoms with van der Waals surface area (Å²) in [6.45, 7) is 4.19. The lowest BCUT2D eigenvalue weighted by atomic mass is 9.92. The van der Waals surface area contributed by atoms with Crippen LogP contribution in [0.2, 0.25) is 0 Å². The first-order valence-electron chi connectivity index (χ1n) is 6.70. The van der Waals surface area contributed by atoms with Crippen molar-refractivity contribution in [3.8, 4) is 0 Å². The molecular formula is C15H20N2O3. The summed E-state index contributed by atoms with van der Waals surface area (Å²) in [6, 6.07) is 9.15. The maximum Gasteiger partial charge on any atom is 0.308 e. The number of likely N-dealkylation sites (tertiary alicyclic amines) is 1. The minimum absolute atomic E-state index is 0.0528. The summed E-state index contributed by atoms with van der Waals surface area (Å²) in [5.74, 6) is -1.64. The number of carboxylic acid groups (broad SMARTS) is 1. The number of nitrogens with two attached hydrogens (primary N) is 1. The standard InChI is InChI=1S/C15H20N2O3/c1-10-8-17(9-12(10)13(18)19)14(20)15(2,16)11-6-4-3-5-7-11/h3-7,10,12H,8-9,16H2,1-2H3,(H,18,19). The van der Waals surface area contributed by atoms with Gasteiger partial charge in [-0.25, -0.2) is 0 Å². The number of nitrogens with zero attached hydrogens (tertiary/aromatic N) is 1. The summed E-state index contributed by atoms with van der Waals surface area (Å²) in [5.41, 5.74) is 5.79. The number of rotatable bonds is 3. The third-order valence-electron chi connectivity index (χ3n) is 4.03. The van der Waals surface area contributed by atoms with E-state index in [2.05, 4.69) is 0 Å². The second kappa shape index (κ2) is 5.25. The van der Waals surface area contributed by atoms with Gasteiger partial charge in [-0.3, -0.25) is 9.59 Å². The highest BCUT2D eigenvalue weighted by molar-refractivity contribution is 5.88. The molecule has 3 atom stereocenters. The molecule has 2 rings (SSSR count). The summed E-state index contributed by atoms with van der Waals surface area (Å²) >= 11 is 0. The van der Waals surface area contributed by atoms with Crippen molar-refractivity contribution < 1.29 is 14.7 Å². The predicted molar refractivity (Wildman–Crippen MR) is 74.9 cm³/mol. The van der Waals surface area contributed by atoms with Gasteiger partial charge in [-0.1, -0.05) is 37.3 Å². The zero-order valence-electron chi connectivity index (χ0n) is 11.7. The van der Waals surface area contributed by atoms with Gasteiger partial charge in [0.2, 0.25) is 5.91 Å². The van der Waals surface area contributed by atoms with Crippen LogP contribution in [0.25, 0.3) is 0 Å². The highest BCUT2D eigenvalue weighted by Crippen LogP contribution is 2.28. The van der Waals surface area contributed by atoms with E-state index in [4.69, 9.17) is 10.8 Å². The third kappa shape index (κ3) is 2.54. The molecule has 1 fully saturated rings. The fourth-order valence-corrected chi connectivity index (χ4v) is 2.69. The lowest BCUT2D eigenvalue weighted by Crippen LogP contribution is -2.50. The Hall–Kier alpha value is -1.88. The maximum atomic E-state index is 12.6. The van der Waals surface area contributed by atoms with Gasteiger partial charge in [0.15, 0.2) is 0 Å². The molecule has 0 aromatic heterocycles. The van der Waals surface area contributed by atoms with Crippen LogP contribution >= 0.6 is 0 Å². The Labute approximate surface area is 118 Å². The highest BCUT2D eigenvalue weighted by atomic mass is 16.4. The fraction of sp³-hybridized carbons (Fsp3) is 0.467. The van der Waals surface area contributed by atoms with Crippen molar-refractivity contribution in [1.82, 2.24) is 4.90 Å². The van der Waals surface area contributed by atoms with Gasteiger partial charge in [-0.15, -0.1) is 0 Å². The Morgan fingerprint density at radius 1 is 1.30 bits per heavy atom. The molecule has 0 saturated carbocycles. The predicted octanol–water partition coefficient (Wildman–Crippen LogP) is 1.04. The first-order valence-corrected chi connectivity index (χ1v) is 6.70. The molecule has 0 spiro atoms. The summed E-state index contributed by atoms with van der Waals surface area (Å²) < 4.78 is 0. The molecule has 0 aliphatic carbocycles. The molecule has 1 aliphatic rings. The van der Waals surface area contributed by atoms with E-state index in [-0.39, 0.29) is 18.4 Å².